The fourth-order valence-corrected chi connectivity index (χ4v) is 7.88. The molecule has 4 saturated carbocycles. The number of fused-ring (bicyclic) bond motifs is 2. The number of Topliss-reactive ketones (excluding diaryl/α,β-unsaturated/α-hetero) is 1. The fourth-order valence-electron chi connectivity index (χ4n) is 7.88. The highest BCUT2D eigenvalue weighted by Crippen LogP contribution is 2.76. The van der Waals surface area contributed by atoms with Gasteiger partial charge in [0.25, 0.3) is 0 Å². The number of ether oxygens (including phenoxy) is 1. The molecule has 6 nitrogen and oxygen atoms in total. The lowest BCUT2D eigenvalue weighted by atomic mass is 9.35. The lowest BCUT2D eigenvalue weighted by molar-refractivity contribution is -0.455. The van der Waals surface area contributed by atoms with Crippen molar-refractivity contribution in [1.29, 1.82) is 0 Å². The third-order valence-electron chi connectivity index (χ3n) is 8.78. The van der Waals surface area contributed by atoms with E-state index >= 15 is 0 Å². The maximum absolute atomic E-state index is 13.3. The van der Waals surface area contributed by atoms with E-state index in [1.54, 1.807) is 0 Å². The number of rotatable bonds is 0. The molecule has 4 N–H and O–H groups in total. The number of carbonyl (C=O) groups is 1. The van der Waals surface area contributed by atoms with E-state index < -0.39 is 46.8 Å². The van der Waals surface area contributed by atoms with Crippen LogP contribution in [0.15, 0.2) is 12.2 Å². The average molecular weight is 364 g/mol. The Hall–Kier alpha value is -0.790. The van der Waals surface area contributed by atoms with Crippen LogP contribution in [0.5, 0.6) is 0 Å². The van der Waals surface area contributed by atoms with Gasteiger partial charge < -0.3 is 25.2 Å². The van der Waals surface area contributed by atoms with Gasteiger partial charge in [0.1, 0.15) is 6.10 Å². The van der Waals surface area contributed by atoms with Gasteiger partial charge in [0.15, 0.2) is 5.78 Å². The van der Waals surface area contributed by atoms with Crippen LogP contribution in [0.1, 0.15) is 39.5 Å². The molecular formula is C20H28O6. The van der Waals surface area contributed by atoms with Crippen molar-refractivity contribution in [3.63, 3.8) is 0 Å². The molecule has 4 aliphatic carbocycles. The number of aliphatic hydroxyl groups is 4. The minimum absolute atomic E-state index is 0.0454. The van der Waals surface area contributed by atoms with Gasteiger partial charge in [-0.25, -0.2) is 0 Å². The van der Waals surface area contributed by atoms with Crippen molar-refractivity contribution in [3.8, 4) is 0 Å². The van der Waals surface area contributed by atoms with E-state index in [1.165, 1.54) is 0 Å². The fraction of sp³-hybridized carbons (Fsp3) is 0.850. The first-order valence-electron chi connectivity index (χ1n) is 9.68. The molecule has 0 amide bonds. The van der Waals surface area contributed by atoms with Crippen molar-refractivity contribution >= 4 is 5.78 Å². The van der Waals surface area contributed by atoms with Crippen molar-refractivity contribution in [2.45, 2.75) is 63.6 Å². The zero-order chi connectivity index (χ0) is 18.9. The zero-order valence-electron chi connectivity index (χ0n) is 15.3. The molecule has 6 rings (SSSR count). The van der Waals surface area contributed by atoms with Crippen molar-refractivity contribution < 1.29 is 30.0 Å². The Balaban J connectivity index is 1.81. The van der Waals surface area contributed by atoms with E-state index in [2.05, 4.69) is 6.58 Å². The second kappa shape index (κ2) is 4.61. The highest BCUT2D eigenvalue weighted by atomic mass is 16.6. The molecule has 9 atom stereocenters. The minimum atomic E-state index is -2.05. The lowest BCUT2D eigenvalue weighted by Crippen LogP contribution is -2.85. The molecule has 2 saturated heterocycles. The van der Waals surface area contributed by atoms with Crippen LogP contribution in [-0.2, 0) is 9.53 Å². The van der Waals surface area contributed by atoms with Crippen LogP contribution in [0.4, 0.5) is 0 Å². The average Bonchev–Trinajstić information content (AvgIpc) is 2.76. The topological polar surface area (TPSA) is 107 Å². The first kappa shape index (κ1) is 17.3. The molecule has 2 spiro atoms. The quantitative estimate of drug-likeness (QED) is 0.463. The first-order chi connectivity index (χ1) is 12.0. The monoisotopic (exact) mass is 364 g/mol. The smallest absolute Gasteiger partial charge is 0.205 e. The Bertz CT molecular complexity index is 717. The van der Waals surface area contributed by atoms with Gasteiger partial charge in [0.2, 0.25) is 5.79 Å². The number of hydrogen-bond acceptors (Lipinski definition) is 6. The third-order valence-corrected chi connectivity index (χ3v) is 8.78. The van der Waals surface area contributed by atoms with Crippen LogP contribution in [-0.4, -0.2) is 56.9 Å². The lowest BCUT2D eigenvalue weighted by Gasteiger charge is -2.74. The molecule has 0 aromatic rings. The summed E-state index contributed by atoms with van der Waals surface area (Å²) in [6, 6.07) is 0. The minimum Gasteiger partial charge on any atom is -0.393 e. The van der Waals surface area contributed by atoms with E-state index in [0.717, 1.165) is 0 Å². The molecule has 26 heavy (non-hydrogen) atoms. The van der Waals surface area contributed by atoms with Crippen LogP contribution in [0.3, 0.4) is 0 Å². The van der Waals surface area contributed by atoms with Crippen molar-refractivity contribution in [2.24, 2.45) is 34.0 Å². The van der Waals surface area contributed by atoms with Gasteiger partial charge >= 0.3 is 0 Å². The Kier molecular flexibility index (Phi) is 3.07. The van der Waals surface area contributed by atoms with E-state index in [-0.39, 0.29) is 23.7 Å². The SMILES string of the molecule is C=C1C(=O)[C@@]23C[C@@H]1C[C@@H](O)[C@@H]2[C@]12CO[C@@]3(O)[C@H](O)[C@H]1C(C)(C)CC[C@H]2O. The number of allylic oxidation sites excluding steroid dienone is 1. The number of ketones is 1. The van der Waals surface area contributed by atoms with Gasteiger partial charge in [0.05, 0.1) is 24.2 Å². The molecular weight excluding hydrogens is 336 g/mol. The van der Waals surface area contributed by atoms with Crippen LogP contribution < -0.4 is 0 Å². The molecule has 6 fully saturated rings. The molecule has 0 aromatic carbocycles. The van der Waals surface area contributed by atoms with Crippen LogP contribution in [0.2, 0.25) is 0 Å². The summed E-state index contributed by atoms with van der Waals surface area (Å²) < 4.78 is 5.83. The molecule has 0 aromatic heterocycles. The summed E-state index contributed by atoms with van der Waals surface area (Å²) in [4.78, 5) is 13.3. The van der Waals surface area contributed by atoms with Gasteiger partial charge in [-0.2, -0.15) is 0 Å². The maximum Gasteiger partial charge on any atom is 0.205 e. The van der Waals surface area contributed by atoms with Crippen LogP contribution in [0.25, 0.3) is 0 Å². The van der Waals surface area contributed by atoms with E-state index in [9.17, 15) is 25.2 Å². The number of hydrogen-bond donors (Lipinski definition) is 4. The second-order valence-electron chi connectivity index (χ2n) is 10.1. The predicted octanol–water partition coefficient (Wildman–Crippen LogP) is 0.376. The Morgan fingerprint density at radius 1 is 1.19 bits per heavy atom. The molecule has 0 unspecified atom stereocenters. The molecule has 6 aliphatic rings. The van der Waals surface area contributed by atoms with Gasteiger partial charge in [-0.05, 0) is 42.6 Å². The van der Waals surface area contributed by atoms with E-state index in [0.29, 0.717) is 31.3 Å². The second-order valence-corrected chi connectivity index (χ2v) is 10.1. The highest BCUT2D eigenvalue weighted by Gasteiger charge is 2.85. The molecule has 144 valence electrons. The standard InChI is InChI=1S/C20H28O6/c1-9-10-6-11(21)13-18-8-26-20(25,19(13,7-10)15(9)23)16(24)14(18)17(2,3)5-4-12(18)22/h10-14,16,21-22,24-25H,1,4-8H2,2-3H3/t10-,11+,12+,13+,14-,16+,18+,19+,20-/m0/s1. The van der Waals surface area contributed by atoms with Crippen LogP contribution >= 0.6 is 0 Å². The van der Waals surface area contributed by atoms with Gasteiger partial charge in [-0.3, -0.25) is 4.79 Å². The van der Waals surface area contributed by atoms with Gasteiger partial charge in [-0.1, -0.05) is 20.4 Å². The number of aliphatic hydroxyl groups excluding tert-OH is 3. The summed E-state index contributed by atoms with van der Waals surface area (Å²) in [6.45, 7) is 8.01. The normalized spacial score (nSPS) is 59.9. The van der Waals surface area contributed by atoms with Gasteiger partial charge in [-0.15, -0.1) is 0 Å². The summed E-state index contributed by atoms with van der Waals surface area (Å²) in [6.07, 6.45) is -0.978. The van der Waals surface area contributed by atoms with E-state index in [1.807, 2.05) is 13.8 Å². The summed E-state index contributed by atoms with van der Waals surface area (Å²) in [5, 5.41) is 45.1. The van der Waals surface area contributed by atoms with Gasteiger partial charge in [0, 0.05) is 17.3 Å². The van der Waals surface area contributed by atoms with Crippen molar-refractivity contribution in [3.05, 3.63) is 12.2 Å². The molecule has 6 heteroatoms. The van der Waals surface area contributed by atoms with Crippen LogP contribution in [0, 0.1) is 34.0 Å². The highest BCUT2D eigenvalue weighted by molar-refractivity contribution is 6.04. The van der Waals surface area contributed by atoms with E-state index in [4.69, 9.17) is 4.74 Å². The van der Waals surface area contributed by atoms with Crippen molar-refractivity contribution in [2.75, 3.05) is 6.61 Å². The molecule has 2 heterocycles. The number of carbonyl (C=O) groups excluding carboxylic acids is 1. The third kappa shape index (κ3) is 1.47. The Morgan fingerprint density at radius 2 is 1.88 bits per heavy atom. The maximum atomic E-state index is 13.3. The predicted molar refractivity (Wildman–Crippen MR) is 90.7 cm³/mol. The zero-order valence-corrected chi connectivity index (χ0v) is 15.3. The largest absolute Gasteiger partial charge is 0.393 e. The first-order valence-corrected chi connectivity index (χ1v) is 9.68. The Morgan fingerprint density at radius 3 is 2.58 bits per heavy atom. The molecule has 2 aliphatic heterocycles. The summed E-state index contributed by atoms with van der Waals surface area (Å²) in [5.74, 6) is -3.66. The summed E-state index contributed by atoms with van der Waals surface area (Å²) in [5.41, 5.74) is -2.32. The molecule has 0 radical (unpaired) electrons. The summed E-state index contributed by atoms with van der Waals surface area (Å²) in [7, 11) is 0. The van der Waals surface area contributed by atoms with Crippen molar-refractivity contribution in [1.82, 2.24) is 0 Å². The summed E-state index contributed by atoms with van der Waals surface area (Å²) >= 11 is 0. The Labute approximate surface area is 152 Å². The molecule has 4 bridgehead atoms.